The van der Waals surface area contributed by atoms with Gasteiger partial charge in [-0.1, -0.05) is 74.5 Å². The Hall–Kier alpha value is -4.85. The van der Waals surface area contributed by atoms with Crippen LogP contribution in [0.15, 0.2) is 85.1 Å². The Kier molecular flexibility index (Phi) is 8.01. The Balaban J connectivity index is 1.17. The molecule has 3 aromatic carbocycles. The van der Waals surface area contributed by atoms with Gasteiger partial charge in [0.25, 0.3) is 0 Å². The van der Waals surface area contributed by atoms with Crippen molar-refractivity contribution in [3.8, 4) is 22.4 Å². The maximum atomic E-state index is 13.5. The van der Waals surface area contributed by atoms with E-state index in [2.05, 4.69) is 81.3 Å². The Labute approximate surface area is 252 Å². The van der Waals surface area contributed by atoms with E-state index in [0.29, 0.717) is 6.54 Å². The molecule has 2 aliphatic rings. The Bertz CT molecular complexity index is 1640. The third-order valence-electron chi connectivity index (χ3n) is 8.35. The van der Waals surface area contributed by atoms with Crippen molar-refractivity contribution in [3.05, 3.63) is 102 Å². The van der Waals surface area contributed by atoms with E-state index in [1.165, 1.54) is 23.8 Å². The van der Waals surface area contributed by atoms with Crippen molar-refractivity contribution in [2.75, 3.05) is 19.0 Å². The number of aromatic nitrogens is 2. The minimum absolute atomic E-state index is 0.0769. The number of nitrogens with one attached hydrogen (secondary N) is 3. The molecular weight excluding hydrogens is 538 g/mol. The molecule has 1 aliphatic heterocycles. The Morgan fingerprint density at radius 3 is 2.49 bits per heavy atom. The molecule has 6 rings (SSSR count). The molecule has 2 amide bonds. The van der Waals surface area contributed by atoms with Gasteiger partial charge in [-0.3, -0.25) is 4.79 Å². The summed E-state index contributed by atoms with van der Waals surface area (Å²) in [6.07, 6.45) is 6.09. The zero-order chi connectivity index (χ0) is 29.9. The number of imidazole rings is 1. The normalized spacial score (nSPS) is 16.5. The molecule has 0 radical (unpaired) electrons. The molecule has 0 saturated carbocycles. The molecule has 4 aromatic rings. The minimum atomic E-state index is -0.657. The molecule has 43 heavy (non-hydrogen) atoms. The highest BCUT2D eigenvalue weighted by Crippen LogP contribution is 2.35. The first-order valence-electron chi connectivity index (χ1n) is 14.9. The van der Waals surface area contributed by atoms with Gasteiger partial charge in [-0.2, -0.15) is 0 Å². The number of alkyl carbamates (subject to hydrolysis) is 1. The van der Waals surface area contributed by atoms with Crippen LogP contribution in [0.5, 0.6) is 0 Å². The summed E-state index contributed by atoms with van der Waals surface area (Å²) < 4.78 is 4.75. The number of carbonyl (C=O) groups is 2. The van der Waals surface area contributed by atoms with Gasteiger partial charge in [0.05, 0.1) is 25.0 Å². The zero-order valence-corrected chi connectivity index (χ0v) is 24.8. The number of carbonyl (C=O) groups excluding carboxylic acids is 2. The molecule has 1 saturated heterocycles. The third-order valence-corrected chi connectivity index (χ3v) is 8.35. The number of hydrogen-bond acceptors (Lipinski definition) is 5. The highest BCUT2D eigenvalue weighted by atomic mass is 16.5. The summed E-state index contributed by atoms with van der Waals surface area (Å²) in [5, 5.41) is 6.27. The van der Waals surface area contributed by atoms with Crippen molar-refractivity contribution in [1.82, 2.24) is 20.2 Å². The fourth-order valence-electron chi connectivity index (χ4n) is 5.99. The second-order valence-electron chi connectivity index (χ2n) is 11.5. The van der Waals surface area contributed by atoms with Gasteiger partial charge >= 0.3 is 6.09 Å². The van der Waals surface area contributed by atoms with E-state index in [9.17, 15) is 9.59 Å². The average molecular weight is 576 g/mol. The molecule has 1 aliphatic carbocycles. The first-order chi connectivity index (χ1) is 20.9. The molecule has 8 heteroatoms. The summed E-state index contributed by atoms with van der Waals surface area (Å²) >= 11 is 0. The Morgan fingerprint density at radius 1 is 1.00 bits per heavy atom. The second-order valence-corrected chi connectivity index (χ2v) is 11.5. The fourth-order valence-corrected chi connectivity index (χ4v) is 5.99. The number of fused-ring (bicyclic) bond motifs is 1. The molecule has 0 unspecified atom stereocenters. The number of ether oxygens (including phenoxy) is 1. The molecule has 2 heterocycles. The lowest BCUT2D eigenvalue weighted by atomic mass is 9.98. The minimum Gasteiger partial charge on any atom is -0.453 e. The monoisotopic (exact) mass is 575 g/mol. The van der Waals surface area contributed by atoms with Crippen molar-refractivity contribution in [3.63, 3.8) is 0 Å². The SMILES string of the molecule is COC(=O)N[C@H](C(=O)N1CCC[C@H]1c1ncc(-c2ccc(-c3ccc4c(c3)C(Nc3ccccc3)=CC4)cc2)[nH]1)C(C)C. The van der Waals surface area contributed by atoms with Crippen LogP contribution in [-0.2, 0) is 16.0 Å². The van der Waals surface area contributed by atoms with Crippen LogP contribution in [-0.4, -0.2) is 46.6 Å². The molecule has 8 nitrogen and oxygen atoms in total. The third kappa shape index (κ3) is 5.91. The van der Waals surface area contributed by atoms with E-state index in [1.54, 1.807) is 0 Å². The number of anilines is 1. The molecule has 1 fully saturated rings. The lowest BCUT2D eigenvalue weighted by Crippen LogP contribution is -2.51. The largest absolute Gasteiger partial charge is 0.453 e. The van der Waals surface area contributed by atoms with Gasteiger partial charge in [-0.05, 0) is 65.6 Å². The van der Waals surface area contributed by atoms with Gasteiger partial charge in [0.2, 0.25) is 5.91 Å². The standard InChI is InChI=1S/C35H37N5O3/c1-22(2)32(39-35(42)43-3)34(41)40-19-7-10-31(40)33-36-21-30(38-33)25-14-11-23(12-15-25)26-16-13-24-17-18-29(28(24)20-26)37-27-8-5-4-6-9-27/h4-6,8-9,11-16,18,20-22,31-32,37H,7,10,17,19H2,1-3H3,(H,36,38)(H,39,42)/t31-,32-/m0/s1. The number of likely N-dealkylation sites (tertiary alicyclic amines) is 1. The Morgan fingerprint density at radius 2 is 1.74 bits per heavy atom. The molecule has 0 bridgehead atoms. The lowest BCUT2D eigenvalue weighted by Gasteiger charge is -2.30. The summed E-state index contributed by atoms with van der Waals surface area (Å²) in [4.78, 5) is 35.3. The number of benzene rings is 3. The fraction of sp³-hybridized carbons (Fsp3) is 0.286. The number of aromatic amines is 1. The van der Waals surface area contributed by atoms with E-state index in [0.717, 1.165) is 53.3 Å². The van der Waals surface area contributed by atoms with Crippen molar-refractivity contribution >= 4 is 23.4 Å². The van der Waals surface area contributed by atoms with Crippen LogP contribution < -0.4 is 10.6 Å². The van der Waals surface area contributed by atoms with E-state index in [1.807, 2.05) is 43.1 Å². The average Bonchev–Trinajstić information content (AvgIpc) is 3.80. The van der Waals surface area contributed by atoms with Gasteiger partial charge in [-0.25, -0.2) is 9.78 Å². The highest BCUT2D eigenvalue weighted by molar-refractivity contribution is 5.87. The molecular formula is C35H37N5O3. The number of allylic oxidation sites excluding steroid dienone is 1. The van der Waals surface area contributed by atoms with E-state index in [-0.39, 0.29) is 17.9 Å². The predicted octanol–water partition coefficient (Wildman–Crippen LogP) is 6.80. The maximum Gasteiger partial charge on any atom is 0.407 e. The van der Waals surface area contributed by atoms with Crippen LogP contribution >= 0.6 is 0 Å². The predicted molar refractivity (Wildman–Crippen MR) is 169 cm³/mol. The van der Waals surface area contributed by atoms with Crippen LogP contribution in [0.2, 0.25) is 0 Å². The smallest absolute Gasteiger partial charge is 0.407 e. The number of methoxy groups -OCH3 is 1. The van der Waals surface area contributed by atoms with Crippen molar-refractivity contribution in [1.29, 1.82) is 0 Å². The first-order valence-corrected chi connectivity index (χ1v) is 14.9. The van der Waals surface area contributed by atoms with Gasteiger partial charge in [0.15, 0.2) is 0 Å². The lowest BCUT2D eigenvalue weighted by molar-refractivity contribution is -0.135. The second kappa shape index (κ2) is 12.2. The number of rotatable bonds is 8. The van der Waals surface area contributed by atoms with Gasteiger partial charge in [-0.15, -0.1) is 0 Å². The van der Waals surface area contributed by atoms with Crippen molar-refractivity contribution < 1.29 is 14.3 Å². The molecule has 3 N–H and O–H groups in total. The van der Waals surface area contributed by atoms with E-state index < -0.39 is 12.1 Å². The number of H-pyrrole nitrogens is 1. The van der Waals surface area contributed by atoms with Gasteiger partial charge in [0, 0.05) is 23.5 Å². The van der Waals surface area contributed by atoms with Crippen molar-refractivity contribution in [2.24, 2.45) is 5.92 Å². The summed E-state index contributed by atoms with van der Waals surface area (Å²) in [5.41, 5.74) is 9.02. The van der Waals surface area contributed by atoms with Crippen LogP contribution in [0.4, 0.5) is 10.5 Å². The summed E-state index contributed by atoms with van der Waals surface area (Å²) in [5.74, 6) is 0.567. The van der Waals surface area contributed by atoms with E-state index in [4.69, 9.17) is 4.74 Å². The number of amides is 2. The van der Waals surface area contributed by atoms with Crippen LogP contribution in [0.3, 0.4) is 0 Å². The summed E-state index contributed by atoms with van der Waals surface area (Å²) in [7, 11) is 1.30. The van der Waals surface area contributed by atoms with Crippen LogP contribution in [0.1, 0.15) is 49.7 Å². The maximum absolute atomic E-state index is 13.5. The molecule has 1 aromatic heterocycles. The van der Waals surface area contributed by atoms with Crippen LogP contribution in [0, 0.1) is 5.92 Å². The van der Waals surface area contributed by atoms with Gasteiger partial charge < -0.3 is 25.3 Å². The number of para-hydroxylation sites is 1. The summed E-state index contributed by atoms with van der Waals surface area (Å²) in [6.45, 7) is 4.45. The van der Waals surface area contributed by atoms with E-state index >= 15 is 0 Å². The van der Waals surface area contributed by atoms with Crippen LogP contribution in [0.25, 0.3) is 28.1 Å². The molecule has 0 spiro atoms. The number of nitrogens with zero attached hydrogens (tertiary/aromatic N) is 2. The molecule has 220 valence electrons. The topological polar surface area (TPSA) is 99.3 Å². The highest BCUT2D eigenvalue weighted by Gasteiger charge is 2.37. The van der Waals surface area contributed by atoms with Crippen molar-refractivity contribution in [2.45, 2.75) is 45.2 Å². The molecule has 2 atom stereocenters. The number of hydrogen-bond donors (Lipinski definition) is 3. The zero-order valence-electron chi connectivity index (χ0n) is 24.8. The first kappa shape index (κ1) is 28.3. The summed E-state index contributed by atoms with van der Waals surface area (Å²) in [6, 6.07) is 24.6. The van der Waals surface area contributed by atoms with Gasteiger partial charge in [0.1, 0.15) is 11.9 Å². The quantitative estimate of drug-likeness (QED) is 0.215.